The molecule has 2 nitrogen and oxygen atoms in total. The van der Waals surface area contributed by atoms with Crippen molar-refractivity contribution in [2.24, 2.45) is 0 Å². The molecule has 0 aliphatic rings. The first-order valence-electron chi connectivity index (χ1n) is 5.16. The normalized spacial score (nSPS) is 10.9. The predicted molar refractivity (Wildman–Crippen MR) is 64.9 cm³/mol. The lowest BCUT2D eigenvalue weighted by molar-refractivity contribution is -0.105. The number of amides is 1. The second-order valence-corrected chi connectivity index (χ2v) is 3.76. The Morgan fingerprint density at radius 1 is 1.33 bits per heavy atom. The van der Waals surface area contributed by atoms with Crippen LogP contribution in [0.4, 0.5) is 5.69 Å². The molecule has 0 atom stereocenters. The van der Waals surface area contributed by atoms with E-state index in [2.05, 4.69) is 25.2 Å². The average Bonchev–Trinajstić information content (AvgIpc) is 2.21. The molecule has 15 heavy (non-hydrogen) atoms. The van der Waals surface area contributed by atoms with Crippen LogP contribution in [0.2, 0.25) is 0 Å². The van der Waals surface area contributed by atoms with Gasteiger partial charge in [-0.2, -0.15) is 0 Å². The van der Waals surface area contributed by atoms with Crippen molar-refractivity contribution in [1.82, 2.24) is 0 Å². The maximum absolute atomic E-state index is 10.4. The summed E-state index contributed by atoms with van der Waals surface area (Å²) in [6.45, 7) is 6.27. The van der Waals surface area contributed by atoms with Crippen molar-refractivity contribution in [2.45, 2.75) is 26.7 Å². The van der Waals surface area contributed by atoms with Gasteiger partial charge < -0.3 is 5.32 Å². The van der Waals surface area contributed by atoms with Crippen LogP contribution in [0.15, 0.2) is 24.3 Å². The topological polar surface area (TPSA) is 29.1 Å². The molecule has 0 saturated heterocycles. The first kappa shape index (κ1) is 11.5. The average molecular weight is 203 g/mol. The van der Waals surface area contributed by atoms with E-state index in [9.17, 15) is 4.79 Å². The number of hydrogen-bond acceptors (Lipinski definition) is 1. The quantitative estimate of drug-likeness (QED) is 0.746. The Bertz CT molecular complexity index is 367. The molecule has 1 amide bonds. The second-order valence-electron chi connectivity index (χ2n) is 3.76. The van der Waals surface area contributed by atoms with Gasteiger partial charge in [0.2, 0.25) is 6.41 Å². The minimum atomic E-state index is 0.499. The Morgan fingerprint density at radius 2 is 2.07 bits per heavy atom. The van der Waals surface area contributed by atoms with E-state index < -0.39 is 0 Å². The predicted octanol–water partition coefficient (Wildman–Crippen LogP) is 3.41. The van der Waals surface area contributed by atoms with E-state index in [4.69, 9.17) is 0 Å². The largest absolute Gasteiger partial charge is 0.328 e. The van der Waals surface area contributed by atoms with Gasteiger partial charge in [0.15, 0.2) is 0 Å². The molecular weight excluding hydrogens is 186 g/mol. The lowest BCUT2D eigenvalue weighted by Gasteiger charge is -2.10. The Hall–Kier alpha value is -1.57. The number of benzene rings is 1. The highest BCUT2D eigenvalue weighted by Gasteiger charge is 2.03. The lowest BCUT2D eigenvalue weighted by Crippen LogP contribution is -1.98. The number of anilines is 1. The van der Waals surface area contributed by atoms with Gasteiger partial charge in [0, 0.05) is 5.69 Å². The SMILES string of the molecule is C/C=C\c1cc(C(C)C)ccc1NC=O. The molecule has 0 unspecified atom stereocenters. The third-order valence-corrected chi connectivity index (χ3v) is 2.30. The summed E-state index contributed by atoms with van der Waals surface area (Å²) in [6, 6.07) is 6.10. The minimum absolute atomic E-state index is 0.499. The molecule has 0 heterocycles. The summed E-state index contributed by atoms with van der Waals surface area (Å²) in [4.78, 5) is 10.4. The third-order valence-electron chi connectivity index (χ3n) is 2.30. The first-order chi connectivity index (χ1) is 7.19. The van der Waals surface area contributed by atoms with Crippen LogP contribution in [0.5, 0.6) is 0 Å². The van der Waals surface area contributed by atoms with Crippen molar-refractivity contribution < 1.29 is 4.79 Å². The molecule has 0 fully saturated rings. The molecule has 1 aromatic carbocycles. The van der Waals surface area contributed by atoms with Gasteiger partial charge in [0.1, 0.15) is 0 Å². The molecule has 0 radical (unpaired) electrons. The van der Waals surface area contributed by atoms with Gasteiger partial charge in [-0.1, -0.05) is 32.1 Å². The Balaban J connectivity index is 3.13. The number of allylic oxidation sites excluding steroid dienone is 1. The van der Waals surface area contributed by atoms with E-state index in [1.54, 1.807) is 0 Å². The van der Waals surface area contributed by atoms with Gasteiger partial charge >= 0.3 is 0 Å². The summed E-state index contributed by atoms with van der Waals surface area (Å²) in [5, 5.41) is 2.70. The van der Waals surface area contributed by atoms with E-state index in [0.717, 1.165) is 11.3 Å². The van der Waals surface area contributed by atoms with Gasteiger partial charge in [-0.25, -0.2) is 0 Å². The minimum Gasteiger partial charge on any atom is -0.328 e. The summed E-state index contributed by atoms with van der Waals surface area (Å²) >= 11 is 0. The number of nitrogens with one attached hydrogen (secondary N) is 1. The van der Waals surface area contributed by atoms with Gasteiger partial charge in [0.05, 0.1) is 0 Å². The van der Waals surface area contributed by atoms with Crippen LogP contribution >= 0.6 is 0 Å². The van der Waals surface area contributed by atoms with Crippen molar-refractivity contribution in [1.29, 1.82) is 0 Å². The van der Waals surface area contributed by atoms with Gasteiger partial charge in [-0.05, 0) is 36.1 Å². The highest BCUT2D eigenvalue weighted by Crippen LogP contribution is 2.23. The molecule has 0 saturated carbocycles. The molecule has 1 rings (SSSR count). The standard InChI is InChI=1S/C13H17NO/c1-4-5-12-8-11(10(2)3)6-7-13(12)14-9-15/h4-10H,1-3H3,(H,14,15)/b5-4-. The molecule has 2 heteroatoms. The zero-order valence-corrected chi connectivity index (χ0v) is 9.45. The van der Waals surface area contributed by atoms with Crippen molar-refractivity contribution in [3.8, 4) is 0 Å². The number of hydrogen-bond donors (Lipinski definition) is 1. The number of carbonyl (C=O) groups is 1. The summed E-state index contributed by atoms with van der Waals surface area (Å²) in [5.41, 5.74) is 3.18. The highest BCUT2D eigenvalue weighted by molar-refractivity contribution is 5.78. The van der Waals surface area contributed by atoms with Crippen molar-refractivity contribution in [2.75, 3.05) is 5.32 Å². The Morgan fingerprint density at radius 3 is 2.60 bits per heavy atom. The molecule has 0 bridgehead atoms. The van der Waals surface area contributed by atoms with Crippen LogP contribution in [-0.4, -0.2) is 6.41 Å². The fourth-order valence-corrected chi connectivity index (χ4v) is 1.45. The molecule has 0 aliphatic carbocycles. The van der Waals surface area contributed by atoms with Gasteiger partial charge in [-0.15, -0.1) is 0 Å². The van der Waals surface area contributed by atoms with E-state index in [0.29, 0.717) is 12.3 Å². The maximum Gasteiger partial charge on any atom is 0.211 e. The van der Waals surface area contributed by atoms with Crippen LogP contribution < -0.4 is 5.32 Å². The summed E-state index contributed by atoms with van der Waals surface area (Å²) in [7, 11) is 0. The van der Waals surface area contributed by atoms with Crippen LogP contribution in [0.1, 0.15) is 37.8 Å². The molecule has 0 aromatic heterocycles. The molecular formula is C13H17NO. The van der Waals surface area contributed by atoms with Crippen molar-refractivity contribution >= 4 is 18.2 Å². The van der Waals surface area contributed by atoms with Crippen molar-refractivity contribution in [3.63, 3.8) is 0 Å². The molecule has 1 aromatic rings. The van der Waals surface area contributed by atoms with Crippen LogP contribution in [-0.2, 0) is 4.79 Å². The highest BCUT2D eigenvalue weighted by atomic mass is 16.1. The smallest absolute Gasteiger partial charge is 0.211 e. The summed E-state index contributed by atoms with van der Waals surface area (Å²) in [5.74, 6) is 0.499. The first-order valence-corrected chi connectivity index (χ1v) is 5.16. The second kappa shape index (κ2) is 5.35. The van der Waals surface area contributed by atoms with Gasteiger partial charge in [-0.3, -0.25) is 4.79 Å². The molecule has 0 aliphatic heterocycles. The van der Waals surface area contributed by atoms with E-state index in [1.165, 1.54) is 5.56 Å². The molecule has 0 spiro atoms. The summed E-state index contributed by atoms with van der Waals surface area (Å²) < 4.78 is 0. The Kier molecular flexibility index (Phi) is 4.10. The maximum atomic E-state index is 10.4. The molecule has 1 N–H and O–H groups in total. The van der Waals surface area contributed by atoms with E-state index >= 15 is 0 Å². The monoisotopic (exact) mass is 203 g/mol. The Labute approximate surface area is 91.0 Å². The zero-order valence-electron chi connectivity index (χ0n) is 9.45. The fraction of sp³-hybridized carbons (Fsp3) is 0.308. The van der Waals surface area contributed by atoms with Gasteiger partial charge in [0.25, 0.3) is 0 Å². The van der Waals surface area contributed by atoms with Crippen LogP contribution in [0.3, 0.4) is 0 Å². The summed E-state index contributed by atoms with van der Waals surface area (Å²) in [6.07, 6.45) is 4.67. The lowest BCUT2D eigenvalue weighted by atomic mass is 9.99. The van der Waals surface area contributed by atoms with Crippen LogP contribution in [0, 0.1) is 0 Å². The third kappa shape index (κ3) is 2.94. The van der Waals surface area contributed by atoms with Crippen molar-refractivity contribution in [3.05, 3.63) is 35.4 Å². The van der Waals surface area contributed by atoms with E-state index in [1.807, 2.05) is 31.2 Å². The zero-order chi connectivity index (χ0) is 11.3. The number of rotatable bonds is 4. The number of carbonyl (C=O) groups excluding carboxylic acids is 1. The van der Waals surface area contributed by atoms with Crippen LogP contribution in [0.25, 0.3) is 6.08 Å². The fourth-order valence-electron chi connectivity index (χ4n) is 1.45. The molecule has 80 valence electrons. The van der Waals surface area contributed by atoms with E-state index in [-0.39, 0.29) is 0 Å².